The molecule has 0 atom stereocenters. The van der Waals surface area contributed by atoms with Crippen LogP contribution in [0.15, 0.2) is 29.4 Å². The summed E-state index contributed by atoms with van der Waals surface area (Å²) in [7, 11) is -2.14. The molecular weight excluding hydrogens is 254 g/mol. The second-order valence-electron chi connectivity index (χ2n) is 3.79. The molecule has 0 aliphatic rings. The Morgan fingerprint density at radius 1 is 1.44 bits per heavy atom. The van der Waals surface area contributed by atoms with E-state index in [1.165, 1.54) is 10.9 Å². The number of hydrogen-bond acceptors (Lipinski definition) is 5. The Hall–Kier alpha value is -2.09. The number of aryl methyl sites for hydroxylation is 2. The molecule has 0 saturated carbocycles. The van der Waals surface area contributed by atoms with Gasteiger partial charge in [-0.3, -0.25) is 14.4 Å². The van der Waals surface area contributed by atoms with Gasteiger partial charge in [0.1, 0.15) is 4.90 Å². The molecule has 2 rings (SSSR count). The third kappa shape index (κ3) is 2.28. The lowest BCUT2D eigenvalue weighted by Crippen LogP contribution is -2.15. The summed E-state index contributed by atoms with van der Waals surface area (Å²) in [6.07, 6.45) is 2.94. The maximum Gasteiger partial charge on any atom is 0.267 e. The Balaban J connectivity index is 2.40. The highest BCUT2D eigenvalue weighted by Gasteiger charge is 2.21. The lowest BCUT2D eigenvalue weighted by atomic mass is 10.3. The van der Waals surface area contributed by atoms with E-state index in [2.05, 4.69) is 14.8 Å². The lowest BCUT2D eigenvalue weighted by Gasteiger charge is -2.08. The van der Waals surface area contributed by atoms with Crippen LogP contribution in [0, 0.1) is 6.92 Å². The van der Waals surface area contributed by atoms with E-state index in [0.717, 1.165) is 0 Å². The number of sulfonamides is 1. The van der Waals surface area contributed by atoms with Gasteiger partial charge in [0.05, 0.1) is 11.4 Å². The standard InChI is InChI=1S/C10H13N5O2S/c1-7-8(4-3-5-12-7)14-18(16,17)9-6-15(2)13-10(9)11/h3-6,14H,1-2H3,(H2,11,13). The van der Waals surface area contributed by atoms with E-state index in [-0.39, 0.29) is 10.7 Å². The van der Waals surface area contributed by atoms with Gasteiger partial charge in [0, 0.05) is 19.4 Å². The smallest absolute Gasteiger partial charge is 0.267 e. The van der Waals surface area contributed by atoms with Crippen molar-refractivity contribution in [3.05, 3.63) is 30.2 Å². The highest BCUT2D eigenvalue weighted by atomic mass is 32.2. The summed E-state index contributed by atoms with van der Waals surface area (Å²) >= 11 is 0. The average molecular weight is 267 g/mol. The minimum Gasteiger partial charge on any atom is -0.381 e. The summed E-state index contributed by atoms with van der Waals surface area (Å²) in [5.74, 6) is -0.0356. The third-order valence-corrected chi connectivity index (χ3v) is 3.74. The number of nitrogens with one attached hydrogen (secondary N) is 1. The van der Waals surface area contributed by atoms with Gasteiger partial charge >= 0.3 is 0 Å². The quantitative estimate of drug-likeness (QED) is 0.843. The van der Waals surface area contributed by atoms with Crippen molar-refractivity contribution in [2.75, 3.05) is 10.5 Å². The first kappa shape index (κ1) is 12.4. The zero-order valence-electron chi connectivity index (χ0n) is 9.95. The van der Waals surface area contributed by atoms with Gasteiger partial charge in [0.2, 0.25) is 0 Å². The Bertz CT molecular complexity index is 677. The molecule has 2 heterocycles. The summed E-state index contributed by atoms with van der Waals surface area (Å²) in [6.45, 7) is 1.71. The van der Waals surface area contributed by atoms with Crippen molar-refractivity contribution < 1.29 is 8.42 Å². The summed E-state index contributed by atoms with van der Waals surface area (Å²) in [5.41, 5.74) is 6.56. The van der Waals surface area contributed by atoms with Gasteiger partial charge in [-0.05, 0) is 19.1 Å². The van der Waals surface area contributed by atoms with Gasteiger partial charge in [0.25, 0.3) is 10.0 Å². The van der Waals surface area contributed by atoms with Gasteiger partial charge in [-0.25, -0.2) is 8.42 Å². The second-order valence-corrected chi connectivity index (χ2v) is 5.44. The molecule has 0 saturated heterocycles. The highest BCUT2D eigenvalue weighted by molar-refractivity contribution is 7.92. The van der Waals surface area contributed by atoms with Crippen LogP contribution in [0.4, 0.5) is 11.5 Å². The van der Waals surface area contributed by atoms with Crippen LogP contribution in [-0.4, -0.2) is 23.2 Å². The van der Waals surface area contributed by atoms with Crippen LogP contribution in [0.1, 0.15) is 5.69 Å². The molecule has 0 amide bonds. The molecule has 0 radical (unpaired) electrons. The number of rotatable bonds is 3. The third-order valence-electron chi connectivity index (χ3n) is 2.36. The van der Waals surface area contributed by atoms with Crippen LogP contribution < -0.4 is 10.5 Å². The SMILES string of the molecule is Cc1ncccc1NS(=O)(=O)c1cn(C)nc1N. The van der Waals surface area contributed by atoms with Crippen molar-refractivity contribution in [2.45, 2.75) is 11.8 Å². The van der Waals surface area contributed by atoms with Gasteiger partial charge in [-0.1, -0.05) is 0 Å². The molecule has 7 nitrogen and oxygen atoms in total. The summed E-state index contributed by atoms with van der Waals surface area (Å²) in [4.78, 5) is 3.96. The first-order chi connectivity index (χ1) is 8.40. The monoisotopic (exact) mass is 267 g/mol. The molecule has 0 aromatic carbocycles. The Labute approximate surface area is 105 Å². The summed E-state index contributed by atoms with van der Waals surface area (Å²) in [6, 6.07) is 3.28. The molecule has 0 bridgehead atoms. The second kappa shape index (κ2) is 4.30. The molecule has 2 aromatic rings. The number of hydrogen-bond donors (Lipinski definition) is 2. The highest BCUT2D eigenvalue weighted by Crippen LogP contribution is 2.21. The fourth-order valence-electron chi connectivity index (χ4n) is 1.48. The minimum atomic E-state index is -3.74. The first-order valence-corrected chi connectivity index (χ1v) is 6.62. The Kier molecular flexibility index (Phi) is 2.95. The van der Waals surface area contributed by atoms with Crippen LogP contribution in [0.2, 0.25) is 0 Å². The molecule has 0 unspecified atom stereocenters. The van der Waals surface area contributed by atoms with E-state index >= 15 is 0 Å². The Morgan fingerprint density at radius 3 is 2.72 bits per heavy atom. The van der Waals surface area contributed by atoms with Crippen molar-refractivity contribution in [1.29, 1.82) is 0 Å². The number of nitrogens with zero attached hydrogens (tertiary/aromatic N) is 3. The fourth-order valence-corrected chi connectivity index (χ4v) is 2.71. The fraction of sp³-hybridized carbons (Fsp3) is 0.200. The lowest BCUT2D eigenvalue weighted by molar-refractivity contribution is 0.601. The van der Waals surface area contributed by atoms with Crippen molar-refractivity contribution in [3.8, 4) is 0 Å². The molecule has 0 aliphatic carbocycles. The predicted molar refractivity (Wildman–Crippen MR) is 67.4 cm³/mol. The summed E-state index contributed by atoms with van der Waals surface area (Å²) in [5, 5.41) is 3.80. The zero-order valence-corrected chi connectivity index (χ0v) is 10.8. The average Bonchev–Trinajstić information content (AvgIpc) is 2.62. The van der Waals surface area contributed by atoms with Crippen molar-refractivity contribution in [2.24, 2.45) is 7.05 Å². The maximum atomic E-state index is 12.1. The number of nitrogen functional groups attached to an aromatic ring is 1. The van der Waals surface area contributed by atoms with Crippen molar-refractivity contribution in [1.82, 2.24) is 14.8 Å². The normalized spacial score (nSPS) is 11.4. The predicted octanol–water partition coefficient (Wildman–Crippen LogP) is 0.507. The summed E-state index contributed by atoms with van der Waals surface area (Å²) < 4.78 is 28.0. The molecule has 0 aliphatic heterocycles. The topological polar surface area (TPSA) is 103 Å². The molecule has 0 fully saturated rings. The van der Waals surface area contributed by atoms with E-state index < -0.39 is 10.0 Å². The number of anilines is 2. The van der Waals surface area contributed by atoms with E-state index in [0.29, 0.717) is 11.4 Å². The molecule has 3 N–H and O–H groups in total. The van der Waals surface area contributed by atoms with Crippen LogP contribution in [0.25, 0.3) is 0 Å². The van der Waals surface area contributed by atoms with Crippen LogP contribution in [-0.2, 0) is 17.1 Å². The van der Waals surface area contributed by atoms with Crippen LogP contribution >= 0.6 is 0 Å². The van der Waals surface area contributed by atoms with Gasteiger partial charge in [0.15, 0.2) is 5.82 Å². The Morgan fingerprint density at radius 2 is 2.17 bits per heavy atom. The first-order valence-electron chi connectivity index (χ1n) is 5.14. The molecule has 96 valence electrons. The molecule has 0 spiro atoms. The van der Waals surface area contributed by atoms with E-state index in [9.17, 15) is 8.42 Å². The van der Waals surface area contributed by atoms with E-state index in [1.807, 2.05) is 0 Å². The minimum absolute atomic E-state index is 0.0356. The van der Waals surface area contributed by atoms with Crippen LogP contribution in [0.3, 0.4) is 0 Å². The van der Waals surface area contributed by atoms with Crippen molar-refractivity contribution >= 4 is 21.5 Å². The van der Waals surface area contributed by atoms with Crippen molar-refractivity contribution in [3.63, 3.8) is 0 Å². The molecule has 8 heteroatoms. The van der Waals surface area contributed by atoms with E-state index in [1.54, 1.807) is 32.3 Å². The van der Waals surface area contributed by atoms with Gasteiger partial charge in [-0.15, -0.1) is 0 Å². The molecule has 18 heavy (non-hydrogen) atoms. The number of aromatic nitrogens is 3. The number of pyridine rings is 1. The number of nitrogens with two attached hydrogens (primary N) is 1. The molecular formula is C10H13N5O2S. The molecule has 2 aromatic heterocycles. The maximum absolute atomic E-state index is 12.1. The van der Waals surface area contributed by atoms with Gasteiger partial charge < -0.3 is 5.73 Å². The van der Waals surface area contributed by atoms with Crippen LogP contribution in [0.5, 0.6) is 0 Å². The zero-order chi connectivity index (χ0) is 13.3. The largest absolute Gasteiger partial charge is 0.381 e. The van der Waals surface area contributed by atoms with E-state index in [4.69, 9.17) is 5.73 Å². The van der Waals surface area contributed by atoms with Gasteiger partial charge in [-0.2, -0.15) is 5.10 Å².